The highest BCUT2D eigenvalue weighted by Crippen LogP contribution is 2.38. The maximum absolute atomic E-state index is 11.5. The van der Waals surface area contributed by atoms with Gasteiger partial charge in [0.25, 0.3) is 0 Å². The van der Waals surface area contributed by atoms with Gasteiger partial charge < -0.3 is 26.2 Å². The smallest absolute Gasteiger partial charge is 0.385 e. The Kier molecular flexibility index (Phi) is 7.37. The van der Waals surface area contributed by atoms with Crippen molar-refractivity contribution in [2.75, 3.05) is 32.4 Å². The number of hydrogen-bond acceptors (Lipinski definition) is 11. The average molecular weight is 494 g/mol. The molecule has 0 unspecified atom stereocenters. The van der Waals surface area contributed by atoms with Gasteiger partial charge in [0, 0.05) is 12.1 Å². The van der Waals surface area contributed by atoms with E-state index >= 15 is 0 Å². The van der Waals surface area contributed by atoms with Crippen molar-refractivity contribution in [2.45, 2.75) is 31.0 Å². The highest BCUT2D eigenvalue weighted by atomic mass is 32.3. The standard InChI is InChI=1S/C20H27N7O6S/c1-22-8-5-9-23-10-13-16(33-34(29,30)31)15(28)20(32-13)27-18(12-6-3-2-4-7-12)26-14-17(21)24-11-25-19(14)27/h2-4,6-7,11,13,15-16,20,22-23,28H,5,8-10H2,1H3,(H2,21,24,25)(H,29,30,31)/t13-,15-,16-,20-/m1/s1. The predicted octanol–water partition coefficient (Wildman–Crippen LogP) is -0.279. The first-order valence-electron chi connectivity index (χ1n) is 10.7. The molecule has 0 saturated carbocycles. The number of fused-ring (bicyclic) bond motifs is 1. The summed E-state index contributed by atoms with van der Waals surface area (Å²) in [6.07, 6.45) is -2.82. The summed E-state index contributed by atoms with van der Waals surface area (Å²) in [5.41, 5.74) is 7.30. The Balaban J connectivity index is 1.73. The first-order valence-corrected chi connectivity index (χ1v) is 12.0. The largest absolute Gasteiger partial charge is 0.397 e. The second-order valence-electron chi connectivity index (χ2n) is 7.81. The third-order valence-corrected chi connectivity index (χ3v) is 5.93. The van der Waals surface area contributed by atoms with Gasteiger partial charge in [0.2, 0.25) is 0 Å². The molecule has 1 aliphatic heterocycles. The molecule has 1 aromatic carbocycles. The van der Waals surface area contributed by atoms with Gasteiger partial charge in [-0.1, -0.05) is 30.3 Å². The average Bonchev–Trinajstić information content (AvgIpc) is 3.32. The number of hydrogen-bond donors (Lipinski definition) is 5. The van der Waals surface area contributed by atoms with Crippen LogP contribution in [0.1, 0.15) is 12.6 Å². The Morgan fingerprint density at radius 1 is 1.24 bits per heavy atom. The maximum atomic E-state index is 11.5. The van der Waals surface area contributed by atoms with Crippen molar-refractivity contribution in [2.24, 2.45) is 0 Å². The molecular formula is C20H27N7O6S. The van der Waals surface area contributed by atoms with E-state index in [4.69, 9.17) is 14.7 Å². The van der Waals surface area contributed by atoms with Crippen LogP contribution < -0.4 is 16.4 Å². The van der Waals surface area contributed by atoms with Crippen LogP contribution in [0.4, 0.5) is 5.82 Å². The van der Waals surface area contributed by atoms with Crippen molar-refractivity contribution in [3.05, 3.63) is 36.7 Å². The number of imidazole rings is 1. The lowest BCUT2D eigenvalue weighted by Gasteiger charge is -2.20. The highest BCUT2D eigenvalue weighted by Gasteiger charge is 2.48. The third-order valence-electron chi connectivity index (χ3n) is 5.46. The molecule has 0 spiro atoms. The monoisotopic (exact) mass is 493 g/mol. The number of rotatable bonds is 10. The number of nitrogens with zero attached hydrogens (tertiary/aromatic N) is 4. The molecule has 0 radical (unpaired) electrons. The molecule has 34 heavy (non-hydrogen) atoms. The molecule has 14 heteroatoms. The van der Waals surface area contributed by atoms with Crippen molar-refractivity contribution in [3.8, 4) is 11.4 Å². The molecule has 1 saturated heterocycles. The molecule has 13 nitrogen and oxygen atoms in total. The number of ether oxygens (including phenoxy) is 1. The molecule has 2 aromatic heterocycles. The van der Waals surface area contributed by atoms with Gasteiger partial charge in [0.1, 0.15) is 30.5 Å². The summed E-state index contributed by atoms with van der Waals surface area (Å²) in [6.45, 7) is 1.58. The summed E-state index contributed by atoms with van der Waals surface area (Å²) in [7, 11) is -3.02. The summed E-state index contributed by atoms with van der Waals surface area (Å²) < 4.78 is 44.8. The van der Waals surface area contributed by atoms with E-state index in [0.29, 0.717) is 29.1 Å². The Bertz CT molecular complexity index is 1220. The van der Waals surface area contributed by atoms with Crippen molar-refractivity contribution in [3.63, 3.8) is 0 Å². The first-order chi connectivity index (χ1) is 16.3. The van der Waals surface area contributed by atoms with Gasteiger partial charge in [-0.05, 0) is 26.6 Å². The molecule has 0 bridgehead atoms. The van der Waals surface area contributed by atoms with Crippen LogP contribution in [0.15, 0.2) is 36.7 Å². The molecule has 0 aliphatic carbocycles. The Morgan fingerprint density at radius 2 is 2.00 bits per heavy atom. The number of aromatic nitrogens is 4. The van der Waals surface area contributed by atoms with Gasteiger partial charge >= 0.3 is 10.4 Å². The minimum atomic E-state index is -4.86. The maximum Gasteiger partial charge on any atom is 0.397 e. The summed E-state index contributed by atoms with van der Waals surface area (Å²) in [5, 5.41) is 17.3. The van der Waals surface area contributed by atoms with Gasteiger partial charge in [-0.3, -0.25) is 9.12 Å². The van der Waals surface area contributed by atoms with Crippen molar-refractivity contribution in [1.29, 1.82) is 0 Å². The second kappa shape index (κ2) is 10.3. The number of nitrogen functional groups attached to an aromatic ring is 1. The van der Waals surface area contributed by atoms with Crippen molar-refractivity contribution < 1.29 is 27.0 Å². The first kappa shape index (κ1) is 24.4. The fourth-order valence-corrected chi connectivity index (χ4v) is 4.47. The number of benzene rings is 1. The summed E-state index contributed by atoms with van der Waals surface area (Å²) in [6, 6.07) is 9.12. The second-order valence-corrected chi connectivity index (χ2v) is 8.86. The third kappa shape index (κ3) is 5.17. The van der Waals surface area contributed by atoms with Crippen LogP contribution in [0.5, 0.6) is 0 Å². The van der Waals surface area contributed by atoms with Crippen molar-refractivity contribution >= 4 is 27.4 Å². The zero-order valence-electron chi connectivity index (χ0n) is 18.4. The fourth-order valence-electron chi connectivity index (χ4n) is 3.95. The minimum Gasteiger partial charge on any atom is -0.385 e. The lowest BCUT2D eigenvalue weighted by molar-refractivity contribution is -0.0331. The summed E-state index contributed by atoms with van der Waals surface area (Å²) in [5.74, 6) is 0.530. The van der Waals surface area contributed by atoms with Crippen LogP contribution in [0, 0.1) is 0 Å². The molecule has 4 atom stereocenters. The molecule has 6 N–H and O–H groups in total. The van der Waals surface area contributed by atoms with Gasteiger partial charge in [0.15, 0.2) is 23.2 Å². The van der Waals surface area contributed by atoms with Gasteiger partial charge in [-0.25, -0.2) is 19.1 Å². The van der Waals surface area contributed by atoms with E-state index in [-0.39, 0.29) is 12.4 Å². The zero-order valence-corrected chi connectivity index (χ0v) is 19.2. The van der Waals surface area contributed by atoms with Crippen LogP contribution in [0.2, 0.25) is 0 Å². The number of anilines is 1. The normalized spacial score (nSPS) is 23.0. The van der Waals surface area contributed by atoms with Crippen LogP contribution in [-0.4, -0.2) is 82.6 Å². The molecule has 3 aromatic rings. The molecule has 4 rings (SSSR count). The van der Waals surface area contributed by atoms with E-state index in [1.54, 1.807) is 0 Å². The van der Waals surface area contributed by atoms with E-state index in [0.717, 1.165) is 13.0 Å². The van der Waals surface area contributed by atoms with Gasteiger partial charge in [-0.2, -0.15) is 8.42 Å². The van der Waals surface area contributed by atoms with E-state index < -0.39 is 34.9 Å². The van der Waals surface area contributed by atoms with E-state index in [1.807, 2.05) is 37.4 Å². The predicted molar refractivity (Wildman–Crippen MR) is 123 cm³/mol. The Labute approximate surface area is 196 Å². The molecule has 0 amide bonds. The van der Waals surface area contributed by atoms with Gasteiger partial charge in [-0.15, -0.1) is 0 Å². The van der Waals surface area contributed by atoms with E-state index in [1.165, 1.54) is 10.9 Å². The highest BCUT2D eigenvalue weighted by molar-refractivity contribution is 7.80. The van der Waals surface area contributed by atoms with Crippen LogP contribution in [0.3, 0.4) is 0 Å². The Hall–Kier alpha value is -2.72. The number of aliphatic hydroxyl groups is 1. The number of aliphatic hydroxyl groups excluding tert-OH is 1. The molecular weight excluding hydrogens is 466 g/mol. The summed E-state index contributed by atoms with van der Waals surface area (Å²) >= 11 is 0. The van der Waals surface area contributed by atoms with E-state index in [9.17, 15) is 18.1 Å². The minimum absolute atomic E-state index is 0.141. The lowest BCUT2D eigenvalue weighted by Crippen LogP contribution is -2.41. The van der Waals surface area contributed by atoms with Crippen LogP contribution >= 0.6 is 0 Å². The molecule has 1 fully saturated rings. The number of nitrogens with two attached hydrogens (primary N) is 1. The SMILES string of the molecule is CNCCCNC[C@H]1O[C@@H](n2c(-c3ccccc3)nc3c(N)ncnc32)[C@H](O)[C@@H]1OS(=O)(=O)O. The zero-order chi connectivity index (χ0) is 24.3. The molecule has 1 aliphatic rings. The van der Waals surface area contributed by atoms with Crippen LogP contribution in [0.25, 0.3) is 22.6 Å². The van der Waals surface area contributed by atoms with Gasteiger partial charge in [0.05, 0.1) is 0 Å². The topological polar surface area (TPSA) is 187 Å². The summed E-state index contributed by atoms with van der Waals surface area (Å²) in [4.78, 5) is 12.8. The van der Waals surface area contributed by atoms with E-state index in [2.05, 4.69) is 25.6 Å². The number of nitrogens with one attached hydrogen (secondary N) is 2. The fraction of sp³-hybridized carbons (Fsp3) is 0.450. The quantitative estimate of drug-likeness (QED) is 0.184. The van der Waals surface area contributed by atoms with Crippen molar-refractivity contribution in [1.82, 2.24) is 30.2 Å². The lowest BCUT2D eigenvalue weighted by atomic mass is 10.1. The molecule has 184 valence electrons. The van der Waals surface area contributed by atoms with Crippen LogP contribution in [-0.2, 0) is 19.3 Å². The molecule has 3 heterocycles. The Morgan fingerprint density at radius 3 is 2.71 bits per heavy atom.